The quantitative estimate of drug-likeness (QED) is 0.310. The van der Waals surface area contributed by atoms with Crippen LogP contribution >= 0.6 is 0 Å². The number of carbonyl (C=O) groups excluding carboxylic acids is 2. The predicted molar refractivity (Wildman–Crippen MR) is 129 cm³/mol. The molecule has 3 aromatic carbocycles. The molecule has 1 heterocycles. The molecule has 4 rings (SSSR count). The molecule has 3 aromatic rings. The predicted octanol–water partition coefficient (Wildman–Crippen LogP) is 5.53. The number of carbonyl (C=O) groups is 2. The molecule has 0 radical (unpaired) electrons. The minimum absolute atomic E-state index is 0.275. The highest BCUT2D eigenvalue weighted by Gasteiger charge is 2.26. The van der Waals surface area contributed by atoms with Gasteiger partial charge in [0.1, 0.15) is 35.2 Å². The summed E-state index contributed by atoms with van der Waals surface area (Å²) in [5.41, 5.74) is 1.83. The summed E-state index contributed by atoms with van der Waals surface area (Å²) in [4.78, 5) is 24.8. The van der Waals surface area contributed by atoms with Crippen LogP contribution in [0.5, 0.6) is 23.0 Å². The number of methoxy groups -OCH3 is 1. The molecule has 1 aliphatic heterocycles. The molecular formula is C28H26O6. The van der Waals surface area contributed by atoms with Gasteiger partial charge in [-0.05, 0) is 55.8 Å². The van der Waals surface area contributed by atoms with Crippen LogP contribution in [0.15, 0.2) is 66.7 Å². The standard InChI is InChI=1S/C28H26O6/c1-28(2)14-13-23-25(34-28)12-9-20(16-29)27(23)33-18-24(30)22-11-10-21(31-3)15-26(22)32-17-19-7-5-4-6-8-19/h4-16H,17-18H2,1-3H3. The van der Waals surface area contributed by atoms with Crippen LogP contribution in [-0.2, 0) is 6.61 Å². The molecule has 0 N–H and O–H groups in total. The van der Waals surface area contributed by atoms with E-state index in [1.165, 1.54) is 0 Å². The molecule has 0 fully saturated rings. The lowest BCUT2D eigenvalue weighted by molar-refractivity contribution is 0.0911. The van der Waals surface area contributed by atoms with E-state index in [0.29, 0.717) is 52.6 Å². The topological polar surface area (TPSA) is 71.1 Å². The first kappa shape index (κ1) is 23.1. The zero-order valence-electron chi connectivity index (χ0n) is 19.4. The number of fused-ring (bicyclic) bond motifs is 1. The van der Waals surface area contributed by atoms with Gasteiger partial charge in [0, 0.05) is 6.07 Å². The van der Waals surface area contributed by atoms with Crippen molar-refractivity contribution in [3.8, 4) is 23.0 Å². The molecule has 0 amide bonds. The molecule has 6 nitrogen and oxygen atoms in total. The number of hydrogen-bond donors (Lipinski definition) is 0. The maximum Gasteiger partial charge on any atom is 0.203 e. The maximum atomic E-state index is 13.1. The Hall–Kier alpha value is -4.06. The number of hydrogen-bond acceptors (Lipinski definition) is 6. The van der Waals surface area contributed by atoms with Gasteiger partial charge in [-0.3, -0.25) is 9.59 Å². The van der Waals surface area contributed by atoms with Crippen LogP contribution in [0.25, 0.3) is 6.08 Å². The van der Waals surface area contributed by atoms with Gasteiger partial charge >= 0.3 is 0 Å². The zero-order valence-corrected chi connectivity index (χ0v) is 19.4. The van der Waals surface area contributed by atoms with Crippen molar-refractivity contribution in [1.82, 2.24) is 0 Å². The Labute approximate surface area is 198 Å². The summed E-state index contributed by atoms with van der Waals surface area (Å²) in [7, 11) is 1.55. The lowest BCUT2D eigenvalue weighted by Gasteiger charge is -2.29. The fourth-order valence-electron chi connectivity index (χ4n) is 3.63. The third kappa shape index (κ3) is 5.12. The van der Waals surface area contributed by atoms with Gasteiger partial charge in [-0.25, -0.2) is 0 Å². The Morgan fingerprint density at radius 3 is 2.56 bits per heavy atom. The molecule has 34 heavy (non-hydrogen) atoms. The van der Waals surface area contributed by atoms with E-state index in [4.69, 9.17) is 18.9 Å². The number of Topliss-reactive ketones (excluding diaryl/α,β-unsaturated/α-hetero) is 1. The third-order valence-corrected chi connectivity index (χ3v) is 5.41. The third-order valence-electron chi connectivity index (χ3n) is 5.41. The van der Waals surface area contributed by atoms with Gasteiger partial charge in [-0.1, -0.05) is 30.3 Å². The Morgan fingerprint density at radius 2 is 1.82 bits per heavy atom. The van der Waals surface area contributed by atoms with E-state index in [9.17, 15) is 9.59 Å². The normalized spacial score (nSPS) is 13.4. The SMILES string of the molecule is COc1ccc(C(=O)COc2c(C=O)ccc3c2C=CC(C)(C)O3)c(OCc2ccccc2)c1. The number of benzene rings is 3. The van der Waals surface area contributed by atoms with Crippen molar-refractivity contribution in [2.45, 2.75) is 26.1 Å². The van der Waals surface area contributed by atoms with Crippen molar-refractivity contribution in [3.05, 3.63) is 89.0 Å². The van der Waals surface area contributed by atoms with Gasteiger partial charge in [0.05, 0.1) is 23.8 Å². The van der Waals surface area contributed by atoms with Crippen LogP contribution in [0.4, 0.5) is 0 Å². The fraction of sp³-hybridized carbons (Fsp3) is 0.214. The summed E-state index contributed by atoms with van der Waals surface area (Å²) in [6.45, 7) is 3.90. The van der Waals surface area contributed by atoms with Crippen LogP contribution in [0.2, 0.25) is 0 Å². The van der Waals surface area contributed by atoms with Gasteiger partial charge < -0.3 is 18.9 Å². The Kier molecular flexibility index (Phi) is 6.68. The van der Waals surface area contributed by atoms with Crippen molar-refractivity contribution in [2.24, 2.45) is 0 Å². The average molecular weight is 459 g/mol. The van der Waals surface area contributed by atoms with Crippen molar-refractivity contribution < 1.29 is 28.5 Å². The first-order valence-electron chi connectivity index (χ1n) is 10.9. The summed E-state index contributed by atoms with van der Waals surface area (Å²) in [6.07, 6.45) is 4.44. The van der Waals surface area contributed by atoms with Crippen LogP contribution in [0, 0.1) is 0 Å². The number of rotatable bonds is 9. The first-order valence-corrected chi connectivity index (χ1v) is 10.9. The monoisotopic (exact) mass is 458 g/mol. The van der Waals surface area contributed by atoms with Crippen LogP contribution in [0.3, 0.4) is 0 Å². The second-order valence-corrected chi connectivity index (χ2v) is 8.40. The minimum Gasteiger partial charge on any atom is -0.497 e. The lowest BCUT2D eigenvalue weighted by atomic mass is 10.00. The minimum atomic E-state index is -0.475. The van der Waals surface area contributed by atoms with Crippen LogP contribution < -0.4 is 18.9 Å². The summed E-state index contributed by atoms with van der Waals surface area (Å²) in [6, 6.07) is 18.1. The second kappa shape index (κ2) is 9.83. The molecular weight excluding hydrogens is 432 g/mol. The molecule has 0 bridgehead atoms. The van der Waals surface area contributed by atoms with Gasteiger partial charge in [0.2, 0.25) is 5.78 Å². The van der Waals surface area contributed by atoms with Crippen LogP contribution in [-0.4, -0.2) is 31.4 Å². The molecule has 0 atom stereocenters. The average Bonchev–Trinajstić information content (AvgIpc) is 2.85. The summed E-state index contributed by atoms with van der Waals surface area (Å²) < 4.78 is 23.1. The molecule has 0 saturated carbocycles. The van der Waals surface area contributed by atoms with Crippen molar-refractivity contribution in [1.29, 1.82) is 0 Å². The molecule has 1 aliphatic rings. The highest BCUT2D eigenvalue weighted by Crippen LogP contribution is 2.39. The summed E-state index contributed by atoms with van der Waals surface area (Å²) in [5, 5.41) is 0. The largest absolute Gasteiger partial charge is 0.497 e. The molecule has 0 unspecified atom stereocenters. The van der Waals surface area contributed by atoms with E-state index >= 15 is 0 Å². The number of ether oxygens (including phenoxy) is 4. The Balaban J connectivity index is 1.56. The summed E-state index contributed by atoms with van der Waals surface area (Å²) in [5.74, 6) is 1.59. The highest BCUT2D eigenvalue weighted by atomic mass is 16.5. The zero-order chi connectivity index (χ0) is 24.1. The molecule has 0 aliphatic carbocycles. The second-order valence-electron chi connectivity index (χ2n) is 8.40. The number of aldehydes is 1. The van der Waals surface area contributed by atoms with E-state index in [1.54, 1.807) is 37.4 Å². The Morgan fingerprint density at radius 1 is 1.03 bits per heavy atom. The highest BCUT2D eigenvalue weighted by molar-refractivity contribution is 6.00. The van der Waals surface area contributed by atoms with Crippen molar-refractivity contribution >= 4 is 18.1 Å². The van der Waals surface area contributed by atoms with Crippen molar-refractivity contribution in [2.75, 3.05) is 13.7 Å². The summed E-state index contributed by atoms with van der Waals surface area (Å²) >= 11 is 0. The fourth-order valence-corrected chi connectivity index (χ4v) is 3.63. The van der Waals surface area contributed by atoms with E-state index in [0.717, 1.165) is 5.56 Å². The molecule has 0 saturated heterocycles. The van der Waals surface area contributed by atoms with Gasteiger partial charge in [-0.15, -0.1) is 0 Å². The lowest BCUT2D eigenvalue weighted by Crippen LogP contribution is -2.27. The van der Waals surface area contributed by atoms with E-state index in [-0.39, 0.29) is 12.4 Å². The number of ketones is 1. The van der Waals surface area contributed by atoms with E-state index < -0.39 is 5.60 Å². The molecule has 6 heteroatoms. The van der Waals surface area contributed by atoms with E-state index in [2.05, 4.69) is 0 Å². The Bertz CT molecular complexity index is 1230. The van der Waals surface area contributed by atoms with Gasteiger partial charge in [0.25, 0.3) is 0 Å². The van der Waals surface area contributed by atoms with Gasteiger partial charge in [-0.2, -0.15) is 0 Å². The molecule has 0 spiro atoms. The molecule has 0 aromatic heterocycles. The van der Waals surface area contributed by atoms with Crippen LogP contribution in [0.1, 0.15) is 45.7 Å². The first-order chi connectivity index (χ1) is 16.4. The van der Waals surface area contributed by atoms with Crippen molar-refractivity contribution in [3.63, 3.8) is 0 Å². The molecule has 174 valence electrons. The van der Waals surface area contributed by atoms with Gasteiger partial charge in [0.15, 0.2) is 12.9 Å². The maximum absolute atomic E-state index is 13.1. The van der Waals surface area contributed by atoms with E-state index in [1.807, 2.05) is 56.3 Å². The smallest absolute Gasteiger partial charge is 0.203 e.